The maximum absolute atomic E-state index is 13.6. The molecule has 0 unspecified atom stereocenters. The number of nitriles is 1. The SMILES string of the molecule is C#C.C=CN=C(CN1C=NC/C(C#N)=C(/N2CCCNCC2)N(CC#CC)CC1=O)c1ccccc1C.CC. The van der Waals surface area contributed by atoms with Gasteiger partial charge in [0.05, 0.1) is 43.8 Å². The maximum atomic E-state index is 13.6. The van der Waals surface area contributed by atoms with E-state index in [2.05, 4.69) is 57.5 Å². The average Bonchev–Trinajstić information content (AvgIpc) is 3.23. The lowest BCUT2D eigenvalue weighted by molar-refractivity contribution is -0.127. The minimum absolute atomic E-state index is 0.0836. The molecule has 39 heavy (non-hydrogen) atoms. The molecule has 1 aromatic rings. The fourth-order valence-electron chi connectivity index (χ4n) is 4.22. The number of hydrogen-bond acceptors (Lipinski definition) is 7. The van der Waals surface area contributed by atoms with Crippen LogP contribution in [0.2, 0.25) is 0 Å². The lowest BCUT2D eigenvalue weighted by Crippen LogP contribution is -2.45. The minimum Gasteiger partial charge on any atom is -0.356 e. The molecule has 2 heterocycles. The van der Waals surface area contributed by atoms with Crippen LogP contribution in [0.15, 0.2) is 58.4 Å². The van der Waals surface area contributed by atoms with Crippen LogP contribution in [-0.2, 0) is 4.79 Å². The van der Waals surface area contributed by atoms with E-state index >= 15 is 0 Å². The molecule has 8 heteroatoms. The summed E-state index contributed by atoms with van der Waals surface area (Å²) in [5.41, 5.74) is 3.28. The van der Waals surface area contributed by atoms with Crippen molar-refractivity contribution < 1.29 is 4.79 Å². The Hall–Kier alpha value is -4.32. The van der Waals surface area contributed by atoms with Crippen molar-refractivity contribution in [3.63, 3.8) is 0 Å². The molecule has 1 N–H and O–H groups in total. The molecule has 1 saturated heterocycles. The predicted molar refractivity (Wildman–Crippen MR) is 161 cm³/mol. The lowest BCUT2D eigenvalue weighted by atomic mass is 10.0. The second-order valence-corrected chi connectivity index (χ2v) is 8.34. The predicted octanol–water partition coefficient (Wildman–Crippen LogP) is 3.43. The fourth-order valence-corrected chi connectivity index (χ4v) is 4.22. The third kappa shape index (κ3) is 9.82. The van der Waals surface area contributed by atoms with Crippen LogP contribution in [0.1, 0.15) is 38.3 Å². The quantitative estimate of drug-likeness (QED) is 0.453. The molecular formula is C31H41N7O. The van der Waals surface area contributed by atoms with E-state index in [1.807, 2.05) is 49.9 Å². The zero-order chi connectivity index (χ0) is 29.0. The van der Waals surface area contributed by atoms with Crippen molar-refractivity contribution in [1.29, 1.82) is 5.26 Å². The second-order valence-electron chi connectivity index (χ2n) is 8.34. The van der Waals surface area contributed by atoms with E-state index in [0.717, 1.165) is 55.3 Å². The Bertz CT molecular complexity index is 1150. The highest BCUT2D eigenvalue weighted by Crippen LogP contribution is 2.19. The van der Waals surface area contributed by atoms with Gasteiger partial charge in [0.2, 0.25) is 5.91 Å². The second kappa shape index (κ2) is 18.9. The summed E-state index contributed by atoms with van der Waals surface area (Å²) in [6, 6.07) is 10.3. The van der Waals surface area contributed by atoms with Gasteiger partial charge in [-0.2, -0.15) is 5.26 Å². The molecule has 0 aliphatic carbocycles. The number of amides is 1. The van der Waals surface area contributed by atoms with Crippen molar-refractivity contribution in [3.8, 4) is 30.8 Å². The number of rotatable bonds is 6. The van der Waals surface area contributed by atoms with Crippen LogP contribution in [-0.4, -0.2) is 85.0 Å². The number of terminal acetylenes is 1. The number of nitrogens with zero attached hydrogens (tertiary/aromatic N) is 6. The van der Waals surface area contributed by atoms with Crippen molar-refractivity contribution in [2.75, 3.05) is 52.4 Å². The molecule has 206 valence electrons. The van der Waals surface area contributed by atoms with Gasteiger partial charge in [0, 0.05) is 31.4 Å². The maximum Gasteiger partial charge on any atom is 0.247 e. The van der Waals surface area contributed by atoms with E-state index in [0.29, 0.717) is 12.1 Å². The van der Waals surface area contributed by atoms with E-state index in [1.165, 1.54) is 12.5 Å². The first-order valence-electron chi connectivity index (χ1n) is 13.2. The molecule has 8 nitrogen and oxygen atoms in total. The zero-order valence-corrected chi connectivity index (χ0v) is 23.8. The van der Waals surface area contributed by atoms with Gasteiger partial charge in [-0.1, -0.05) is 50.6 Å². The standard InChI is InChI=1S/C27H33N7O.C2H6.C2H2/c1-4-6-14-33-20-26(35)34(19-25(31-5-2)24-11-8-7-10-22(24)3)21-30-18-23(17-28)27(33)32-15-9-12-29-13-16-32;2*1-2/h5,7-8,10-11,21,29H,2,9,12-16,18-20H2,1,3H3;1-2H3;1-2H/b27-23-,30-21?,31-25?;;. The largest absolute Gasteiger partial charge is 0.356 e. The Balaban J connectivity index is 0.00000181. The normalized spacial score (nSPS) is 17.8. The van der Waals surface area contributed by atoms with Gasteiger partial charge in [0.1, 0.15) is 11.9 Å². The number of benzene rings is 1. The Kier molecular flexibility index (Phi) is 15.8. The monoisotopic (exact) mass is 527 g/mol. The first kappa shape index (κ1) is 32.7. The van der Waals surface area contributed by atoms with Gasteiger partial charge in [-0.15, -0.1) is 18.8 Å². The molecule has 0 aromatic heterocycles. The zero-order valence-electron chi connectivity index (χ0n) is 23.8. The highest BCUT2D eigenvalue weighted by Gasteiger charge is 2.27. The van der Waals surface area contributed by atoms with E-state index in [4.69, 9.17) is 0 Å². The minimum atomic E-state index is -0.137. The van der Waals surface area contributed by atoms with Gasteiger partial charge in [-0.3, -0.25) is 19.7 Å². The third-order valence-corrected chi connectivity index (χ3v) is 5.93. The summed E-state index contributed by atoms with van der Waals surface area (Å²) in [4.78, 5) is 28.2. The van der Waals surface area contributed by atoms with Crippen LogP contribution < -0.4 is 5.32 Å². The van der Waals surface area contributed by atoms with Crippen LogP contribution in [0.25, 0.3) is 0 Å². The van der Waals surface area contributed by atoms with Crippen LogP contribution in [0.3, 0.4) is 0 Å². The van der Waals surface area contributed by atoms with Crippen molar-refractivity contribution in [1.82, 2.24) is 20.0 Å². The number of carbonyl (C=O) groups is 1. The first-order chi connectivity index (χ1) is 19.1. The molecule has 0 atom stereocenters. The smallest absolute Gasteiger partial charge is 0.247 e. The van der Waals surface area contributed by atoms with E-state index < -0.39 is 0 Å². The molecule has 0 spiro atoms. The summed E-state index contributed by atoms with van der Waals surface area (Å²) in [5.74, 6) is 6.63. The van der Waals surface area contributed by atoms with Crippen molar-refractivity contribution in [2.24, 2.45) is 9.98 Å². The Labute approximate surface area is 234 Å². The molecule has 0 bridgehead atoms. The summed E-state index contributed by atoms with van der Waals surface area (Å²) in [6.07, 6.45) is 12.0. The highest BCUT2D eigenvalue weighted by atomic mass is 16.2. The number of hydrogen-bond donors (Lipinski definition) is 1. The molecule has 0 saturated carbocycles. The van der Waals surface area contributed by atoms with Gasteiger partial charge in [0.15, 0.2) is 0 Å². The Morgan fingerprint density at radius 3 is 2.67 bits per heavy atom. The summed E-state index contributed by atoms with van der Waals surface area (Å²) in [5, 5.41) is 13.4. The summed E-state index contributed by atoms with van der Waals surface area (Å²) in [7, 11) is 0. The van der Waals surface area contributed by atoms with Gasteiger partial charge in [-0.05, 0) is 32.4 Å². The molecular weight excluding hydrogens is 486 g/mol. The van der Waals surface area contributed by atoms with Crippen LogP contribution >= 0.6 is 0 Å². The number of carbonyl (C=O) groups excluding carboxylic acids is 1. The van der Waals surface area contributed by atoms with E-state index in [9.17, 15) is 10.1 Å². The van der Waals surface area contributed by atoms with Crippen molar-refractivity contribution >= 4 is 18.0 Å². The number of nitrogens with one attached hydrogen (secondary N) is 1. The Morgan fingerprint density at radius 1 is 1.26 bits per heavy atom. The van der Waals surface area contributed by atoms with Gasteiger partial charge in [-0.25, -0.2) is 0 Å². The van der Waals surface area contributed by atoms with Gasteiger partial charge < -0.3 is 15.1 Å². The molecule has 1 aromatic carbocycles. The van der Waals surface area contributed by atoms with E-state index in [1.54, 1.807) is 11.8 Å². The number of aliphatic imine (C=N–C) groups is 2. The van der Waals surface area contributed by atoms with Crippen LogP contribution in [0, 0.1) is 42.9 Å². The molecule has 2 aliphatic rings. The summed E-state index contributed by atoms with van der Waals surface area (Å²) < 4.78 is 0. The molecule has 1 fully saturated rings. The lowest BCUT2D eigenvalue weighted by Gasteiger charge is -2.35. The first-order valence-corrected chi connectivity index (χ1v) is 13.2. The molecule has 2 aliphatic heterocycles. The van der Waals surface area contributed by atoms with E-state index in [-0.39, 0.29) is 25.5 Å². The van der Waals surface area contributed by atoms with Crippen LogP contribution in [0.5, 0.6) is 0 Å². The molecule has 3 rings (SSSR count). The molecule has 0 radical (unpaired) electrons. The topological polar surface area (TPSA) is 87.3 Å². The van der Waals surface area contributed by atoms with Crippen molar-refractivity contribution in [2.45, 2.75) is 34.1 Å². The van der Waals surface area contributed by atoms with Crippen molar-refractivity contribution in [3.05, 3.63) is 59.6 Å². The molecule has 1 amide bonds. The van der Waals surface area contributed by atoms with Gasteiger partial charge >= 0.3 is 0 Å². The Morgan fingerprint density at radius 2 is 2.00 bits per heavy atom. The third-order valence-electron chi connectivity index (χ3n) is 5.93. The van der Waals surface area contributed by atoms with Crippen LogP contribution in [0.4, 0.5) is 0 Å². The van der Waals surface area contributed by atoms with Gasteiger partial charge in [0.25, 0.3) is 0 Å². The average molecular weight is 528 g/mol. The summed E-state index contributed by atoms with van der Waals surface area (Å²) >= 11 is 0. The highest BCUT2D eigenvalue weighted by molar-refractivity contribution is 6.06. The summed E-state index contributed by atoms with van der Waals surface area (Å²) in [6.45, 7) is 15.7. The number of aryl methyl sites for hydroxylation is 1. The fraction of sp³-hybridized carbons (Fsp3) is 0.419.